The molecular weight excluding hydrogens is 1120 g/mol. The van der Waals surface area contributed by atoms with Crippen molar-refractivity contribution in [1.82, 2.24) is 5.32 Å². The molecule has 0 bridgehead atoms. The smallest absolute Gasteiger partial charge is 0.394 e. The van der Waals surface area contributed by atoms with Gasteiger partial charge >= 0.3 is 10.4 Å². The van der Waals surface area contributed by atoms with E-state index in [0.717, 1.165) is 57.3 Å². The number of amides is 1. The molecule has 3 aliphatic rings. The Bertz CT molecular complexity index is 1780. The highest BCUT2D eigenvalue weighted by Crippen LogP contribution is 2.34. The highest BCUT2D eigenvalue weighted by Gasteiger charge is 2.54. The van der Waals surface area contributed by atoms with E-state index in [4.69, 9.17) is 28.4 Å². The number of hydrogen-bond donors (Lipinski definition) is 14. The van der Waals surface area contributed by atoms with Gasteiger partial charge in [0.15, 0.2) is 18.9 Å². The molecule has 25 heteroatoms. The van der Waals surface area contributed by atoms with Crippen molar-refractivity contribution >= 4 is 16.3 Å². The Balaban J connectivity index is 1.56. The van der Waals surface area contributed by atoms with E-state index >= 15 is 0 Å². The summed E-state index contributed by atoms with van der Waals surface area (Å²) in [5, 5.41) is 133. The van der Waals surface area contributed by atoms with E-state index < -0.39 is 159 Å². The molecule has 0 aromatic carbocycles. The molecule has 0 spiro atoms. The van der Waals surface area contributed by atoms with Crippen LogP contribution < -0.4 is 5.32 Å². The first kappa shape index (κ1) is 76.9. The molecule has 3 fully saturated rings. The molecule has 20 atom stereocenters. The summed E-state index contributed by atoms with van der Waals surface area (Å²) >= 11 is 0. The second-order valence-electron chi connectivity index (χ2n) is 23.9. The van der Waals surface area contributed by atoms with Crippen LogP contribution in [0.5, 0.6) is 0 Å². The van der Waals surface area contributed by atoms with Gasteiger partial charge in [-0.25, -0.2) is 4.18 Å². The van der Waals surface area contributed by atoms with E-state index in [1.807, 2.05) is 0 Å². The van der Waals surface area contributed by atoms with Crippen LogP contribution in [0.1, 0.15) is 220 Å². The normalized spacial score (nSPS) is 30.5. The molecular formula is C59H113NO23S. The van der Waals surface area contributed by atoms with Gasteiger partial charge in [0, 0.05) is 0 Å². The van der Waals surface area contributed by atoms with Crippen LogP contribution in [0.2, 0.25) is 0 Å². The van der Waals surface area contributed by atoms with Crippen LogP contribution in [0.4, 0.5) is 0 Å². The second-order valence-corrected chi connectivity index (χ2v) is 25.0. The van der Waals surface area contributed by atoms with Crippen LogP contribution in [0.3, 0.4) is 0 Å². The molecule has 0 saturated carbocycles. The number of carbonyl (C=O) groups is 1. The van der Waals surface area contributed by atoms with Gasteiger partial charge < -0.3 is 95.0 Å². The summed E-state index contributed by atoms with van der Waals surface area (Å²) in [6, 6.07) is -1.36. The van der Waals surface area contributed by atoms with Gasteiger partial charge in [0.1, 0.15) is 85.5 Å². The van der Waals surface area contributed by atoms with Gasteiger partial charge in [-0.1, -0.05) is 207 Å². The highest BCUT2D eigenvalue weighted by molar-refractivity contribution is 7.80. The Morgan fingerprint density at radius 2 is 0.869 bits per heavy atom. The fourth-order valence-electron chi connectivity index (χ4n) is 11.2. The first-order valence-electron chi connectivity index (χ1n) is 32.0. The van der Waals surface area contributed by atoms with Gasteiger partial charge in [-0.2, -0.15) is 8.42 Å². The molecule has 3 heterocycles. The van der Waals surface area contributed by atoms with Crippen molar-refractivity contribution in [2.45, 2.75) is 336 Å². The summed E-state index contributed by atoms with van der Waals surface area (Å²) in [4.78, 5) is 13.5. The van der Waals surface area contributed by atoms with Crippen LogP contribution in [0.25, 0.3) is 0 Å². The average molecular weight is 1240 g/mol. The molecule has 0 radical (unpaired) electrons. The van der Waals surface area contributed by atoms with E-state index in [-0.39, 0.29) is 12.8 Å². The molecule has 84 heavy (non-hydrogen) atoms. The van der Waals surface area contributed by atoms with E-state index in [2.05, 4.69) is 30.3 Å². The maximum Gasteiger partial charge on any atom is 0.397 e. The van der Waals surface area contributed by atoms with Crippen molar-refractivity contribution in [3.05, 3.63) is 0 Å². The minimum Gasteiger partial charge on any atom is -0.394 e. The number of rotatable bonds is 48. The van der Waals surface area contributed by atoms with Gasteiger partial charge in [-0.3, -0.25) is 9.35 Å². The third-order valence-corrected chi connectivity index (χ3v) is 17.3. The first-order valence-corrected chi connectivity index (χ1v) is 33.4. The SMILES string of the molecule is CCCCCCCCCCCCCCCCCCCC[C@@H](O)C(=O)N[C@@H](CO[C@@H]1OC(CO)[C@@H](O[C@@H]2OC(CO)[C@H](O[C@@H]3OC(CO)[C@H](O)C(OS(=O)(=O)O)C3O)C(O)C2O)C(O)C1O)[C@H](O)[C@H](O)CCCCCCCCCCCC(C)CC. The zero-order chi connectivity index (χ0) is 62.0. The van der Waals surface area contributed by atoms with Gasteiger partial charge in [-0.15, -0.1) is 0 Å². The van der Waals surface area contributed by atoms with Crippen LogP contribution in [0, 0.1) is 5.92 Å². The lowest BCUT2D eigenvalue weighted by Crippen LogP contribution is -2.67. The van der Waals surface area contributed by atoms with Crippen molar-refractivity contribution in [3.63, 3.8) is 0 Å². The molecule has 0 aromatic heterocycles. The van der Waals surface area contributed by atoms with Gasteiger partial charge in [-0.05, 0) is 18.8 Å². The molecule has 0 aromatic rings. The Labute approximate surface area is 500 Å². The maximum absolute atomic E-state index is 13.5. The molecule has 0 aliphatic carbocycles. The third-order valence-electron chi connectivity index (χ3n) is 16.9. The minimum atomic E-state index is -5.30. The van der Waals surface area contributed by atoms with Crippen molar-refractivity contribution in [1.29, 1.82) is 0 Å². The summed E-state index contributed by atoms with van der Waals surface area (Å²) in [5.74, 6) is -0.0592. The zero-order valence-electron chi connectivity index (χ0n) is 50.6. The Morgan fingerprint density at radius 1 is 0.488 bits per heavy atom. The van der Waals surface area contributed by atoms with Crippen molar-refractivity contribution < 1.29 is 112 Å². The molecule has 3 aliphatic heterocycles. The summed E-state index contributed by atoms with van der Waals surface area (Å²) in [6.07, 6.45) is 0.319. The average Bonchev–Trinajstić information content (AvgIpc) is 3.64. The van der Waals surface area contributed by atoms with E-state index in [0.29, 0.717) is 12.8 Å². The number of hydrogen-bond acceptors (Lipinski definition) is 22. The van der Waals surface area contributed by atoms with E-state index in [9.17, 15) is 79.0 Å². The van der Waals surface area contributed by atoms with Crippen LogP contribution in [-0.2, 0) is 47.8 Å². The lowest BCUT2D eigenvalue weighted by atomic mass is 9.96. The van der Waals surface area contributed by atoms with Crippen LogP contribution in [-0.4, -0.2) is 223 Å². The maximum atomic E-state index is 13.5. The molecule has 1 amide bonds. The van der Waals surface area contributed by atoms with Gasteiger partial charge in [0.25, 0.3) is 0 Å². The number of ether oxygens (including phenoxy) is 6. The quantitative estimate of drug-likeness (QED) is 0.0305. The fourth-order valence-corrected chi connectivity index (χ4v) is 11.7. The molecule has 3 rings (SSSR count). The number of unbranched alkanes of at least 4 members (excludes halogenated alkanes) is 25. The lowest BCUT2D eigenvalue weighted by molar-refractivity contribution is -0.379. The van der Waals surface area contributed by atoms with Gasteiger partial charge in [0.2, 0.25) is 5.91 Å². The zero-order valence-corrected chi connectivity index (χ0v) is 51.4. The predicted octanol–water partition coefficient (Wildman–Crippen LogP) is 3.61. The summed E-state index contributed by atoms with van der Waals surface area (Å²) < 4.78 is 70.5. The van der Waals surface area contributed by atoms with Crippen LogP contribution in [0.15, 0.2) is 0 Å². The Hall–Kier alpha value is -1.38. The third kappa shape index (κ3) is 28.2. The first-order chi connectivity index (χ1) is 40.2. The van der Waals surface area contributed by atoms with Crippen molar-refractivity contribution in [3.8, 4) is 0 Å². The summed E-state index contributed by atoms with van der Waals surface area (Å²) in [5.41, 5.74) is 0. The number of aliphatic hydroxyl groups excluding tert-OH is 12. The predicted molar refractivity (Wildman–Crippen MR) is 309 cm³/mol. The van der Waals surface area contributed by atoms with Crippen LogP contribution >= 0.6 is 0 Å². The molecule has 10 unspecified atom stereocenters. The summed E-state index contributed by atoms with van der Waals surface area (Å²) in [7, 11) is -5.30. The van der Waals surface area contributed by atoms with Crippen molar-refractivity contribution in [2.24, 2.45) is 5.92 Å². The summed E-state index contributed by atoms with van der Waals surface area (Å²) in [6.45, 7) is 3.24. The Morgan fingerprint density at radius 3 is 1.30 bits per heavy atom. The standard InChI is InChI=1S/C59H113NO23S/c1-4-6-7-8-9-10-11-12-13-14-15-16-17-18-21-25-28-31-34-42(65)56(73)60-40(46(66)41(64)33-30-27-24-22-19-20-23-26-29-32-39(3)5-2)38-77-57-50(70)48(68)53(44(36-62)79-57)81-58-51(71)49(69)54(45(37-63)80-58)82-59-52(72)55(83-84(74,75)76)47(67)43(35-61)78-59/h39-55,57-59,61-72H,4-38H2,1-3H3,(H,60,73)(H,74,75,76)/t39?,40-,41+,42+,43?,44?,45?,46-,47-,48?,49?,50?,51?,52?,53+,54-,55?,57+,58-,59-/m0/s1. The minimum absolute atomic E-state index is 0.151. The van der Waals surface area contributed by atoms with Gasteiger partial charge in [0.05, 0.1) is 38.6 Å². The van der Waals surface area contributed by atoms with E-state index in [1.165, 1.54) is 122 Å². The monoisotopic (exact) mass is 1240 g/mol. The highest BCUT2D eigenvalue weighted by atomic mass is 32.3. The van der Waals surface area contributed by atoms with Crippen molar-refractivity contribution in [2.75, 3.05) is 26.4 Å². The largest absolute Gasteiger partial charge is 0.397 e. The Kier molecular flexibility index (Phi) is 39.7. The van der Waals surface area contributed by atoms with E-state index in [1.54, 1.807) is 0 Å². The molecule has 498 valence electrons. The number of nitrogens with one attached hydrogen (secondary N) is 1. The molecule has 24 nitrogen and oxygen atoms in total. The number of aliphatic hydroxyl groups is 12. The fraction of sp³-hybridized carbons (Fsp3) is 0.983. The topological polar surface area (TPSA) is 391 Å². The molecule has 3 saturated heterocycles. The molecule has 14 N–H and O–H groups in total. The second kappa shape index (κ2) is 43.4. The lowest BCUT2D eigenvalue weighted by Gasteiger charge is -2.48. The number of carbonyl (C=O) groups excluding carboxylic acids is 1.